The maximum absolute atomic E-state index is 11.7. The molecule has 0 aliphatic carbocycles. The number of aryl methyl sites for hydroxylation is 1. The summed E-state index contributed by atoms with van der Waals surface area (Å²) in [6, 6.07) is -0.0304. The Morgan fingerprint density at radius 2 is 2.07 bits per heavy atom. The van der Waals surface area contributed by atoms with Crippen molar-refractivity contribution < 1.29 is 9.53 Å². The molecular formula is C17H34IN7O2. The fourth-order valence-corrected chi connectivity index (χ4v) is 2.58. The third-order valence-corrected chi connectivity index (χ3v) is 3.75. The van der Waals surface area contributed by atoms with Crippen molar-refractivity contribution in [2.24, 2.45) is 10.9 Å². The predicted molar refractivity (Wildman–Crippen MR) is 118 cm³/mol. The largest absolute Gasteiger partial charge is 0.450 e. The van der Waals surface area contributed by atoms with Gasteiger partial charge in [0.25, 0.3) is 0 Å². The van der Waals surface area contributed by atoms with Crippen molar-refractivity contribution >= 4 is 36.0 Å². The number of alkyl carbamates (subject to hydrolysis) is 1. The summed E-state index contributed by atoms with van der Waals surface area (Å²) in [5.74, 6) is 2.11. The molecule has 3 N–H and O–H groups in total. The average Bonchev–Trinajstić information content (AvgIpc) is 3.04. The van der Waals surface area contributed by atoms with Gasteiger partial charge in [-0.25, -0.2) is 4.79 Å². The van der Waals surface area contributed by atoms with Gasteiger partial charge in [-0.15, -0.1) is 34.2 Å². The third-order valence-electron chi connectivity index (χ3n) is 3.75. The van der Waals surface area contributed by atoms with Gasteiger partial charge in [-0.1, -0.05) is 20.8 Å². The highest BCUT2D eigenvalue weighted by atomic mass is 127. The van der Waals surface area contributed by atoms with Crippen LogP contribution in [-0.4, -0.2) is 59.6 Å². The predicted octanol–water partition coefficient (Wildman–Crippen LogP) is 1.78. The molecule has 1 heterocycles. The molecular weight excluding hydrogens is 461 g/mol. The zero-order valence-electron chi connectivity index (χ0n) is 17.0. The van der Waals surface area contributed by atoms with Crippen LogP contribution in [0.25, 0.3) is 0 Å². The molecule has 0 aliphatic heterocycles. The van der Waals surface area contributed by atoms with E-state index in [-0.39, 0.29) is 36.1 Å². The van der Waals surface area contributed by atoms with Crippen LogP contribution in [-0.2, 0) is 17.7 Å². The fourth-order valence-electron chi connectivity index (χ4n) is 2.58. The minimum atomic E-state index is -0.386. The Balaban J connectivity index is 0.00000676. The number of nitrogens with one attached hydrogen (secondary N) is 3. The van der Waals surface area contributed by atoms with Crippen molar-refractivity contribution in [2.45, 2.75) is 53.1 Å². The summed E-state index contributed by atoms with van der Waals surface area (Å²) in [4.78, 5) is 15.9. The summed E-state index contributed by atoms with van der Waals surface area (Å²) in [7, 11) is 1.72. The van der Waals surface area contributed by atoms with Gasteiger partial charge in [0.1, 0.15) is 12.2 Å². The number of ether oxygens (including phenoxy) is 1. The van der Waals surface area contributed by atoms with Crippen molar-refractivity contribution in [1.29, 1.82) is 0 Å². The number of rotatable bonds is 10. The van der Waals surface area contributed by atoms with Crippen LogP contribution in [0.2, 0.25) is 0 Å². The first kappa shape index (κ1) is 25.4. The zero-order chi connectivity index (χ0) is 19.4. The van der Waals surface area contributed by atoms with Gasteiger partial charge in [0, 0.05) is 39.1 Å². The number of nitrogens with zero attached hydrogens (tertiary/aromatic N) is 4. The smallest absolute Gasteiger partial charge is 0.407 e. The molecule has 1 atom stereocenters. The molecule has 1 aromatic heterocycles. The Morgan fingerprint density at radius 1 is 1.33 bits per heavy atom. The molecule has 1 aromatic rings. The molecule has 0 saturated carbocycles. The van der Waals surface area contributed by atoms with Crippen LogP contribution in [0.3, 0.4) is 0 Å². The minimum Gasteiger partial charge on any atom is -0.450 e. The summed E-state index contributed by atoms with van der Waals surface area (Å²) in [5, 5.41) is 17.4. The summed E-state index contributed by atoms with van der Waals surface area (Å²) in [6.45, 7) is 10.5. The lowest BCUT2D eigenvalue weighted by molar-refractivity contribution is 0.146. The van der Waals surface area contributed by atoms with Gasteiger partial charge >= 0.3 is 6.09 Å². The highest BCUT2D eigenvalue weighted by Gasteiger charge is 2.15. The molecule has 0 aliphatic rings. The molecule has 0 saturated heterocycles. The molecule has 27 heavy (non-hydrogen) atoms. The van der Waals surface area contributed by atoms with Crippen molar-refractivity contribution in [2.75, 3.05) is 26.7 Å². The van der Waals surface area contributed by atoms with Crippen molar-refractivity contribution in [3.63, 3.8) is 0 Å². The number of carbonyl (C=O) groups excluding carboxylic acids is 1. The third kappa shape index (κ3) is 10.4. The molecule has 0 spiro atoms. The molecule has 1 rings (SSSR count). The summed E-state index contributed by atoms with van der Waals surface area (Å²) >= 11 is 0. The first-order valence-corrected chi connectivity index (χ1v) is 9.24. The molecule has 10 heteroatoms. The molecule has 0 radical (unpaired) electrons. The van der Waals surface area contributed by atoms with Gasteiger partial charge in [0.05, 0.1) is 6.61 Å². The van der Waals surface area contributed by atoms with E-state index < -0.39 is 0 Å². The number of amides is 1. The van der Waals surface area contributed by atoms with E-state index in [2.05, 4.69) is 51.9 Å². The number of hydrogen-bond acceptors (Lipinski definition) is 5. The first-order valence-electron chi connectivity index (χ1n) is 9.24. The van der Waals surface area contributed by atoms with E-state index in [9.17, 15) is 4.79 Å². The monoisotopic (exact) mass is 495 g/mol. The summed E-state index contributed by atoms with van der Waals surface area (Å²) < 4.78 is 6.99. The number of guanidine groups is 1. The molecule has 0 aromatic carbocycles. The Hall–Kier alpha value is -1.59. The van der Waals surface area contributed by atoms with Crippen LogP contribution in [0.1, 0.15) is 39.9 Å². The average molecular weight is 495 g/mol. The van der Waals surface area contributed by atoms with E-state index in [0.717, 1.165) is 25.2 Å². The van der Waals surface area contributed by atoms with E-state index >= 15 is 0 Å². The van der Waals surface area contributed by atoms with Crippen LogP contribution < -0.4 is 16.0 Å². The zero-order valence-corrected chi connectivity index (χ0v) is 19.3. The number of aromatic nitrogens is 3. The maximum Gasteiger partial charge on any atom is 0.407 e. The second-order valence-corrected chi connectivity index (χ2v) is 6.37. The van der Waals surface area contributed by atoms with Crippen molar-refractivity contribution in [3.05, 3.63) is 12.2 Å². The highest BCUT2D eigenvalue weighted by molar-refractivity contribution is 14.0. The topological polar surface area (TPSA) is 105 Å². The lowest BCUT2D eigenvalue weighted by atomic mass is 10.0. The number of carbonyl (C=O) groups is 1. The molecule has 0 fully saturated rings. The van der Waals surface area contributed by atoms with Crippen LogP contribution in [0.5, 0.6) is 0 Å². The molecule has 1 unspecified atom stereocenters. The van der Waals surface area contributed by atoms with Crippen LogP contribution >= 0.6 is 24.0 Å². The number of halogens is 1. The normalized spacial score (nSPS) is 12.3. The lowest BCUT2D eigenvalue weighted by Crippen LogP contribution is -2.48. The fraction of sp³-hybridized carbons (Fsp3) is 0.765. The summed E-state index contributed by atoms with van der Waals surface area (Å²) in [5.41, 5.74) is 0. The molecule has 0 bridgehead atoms. The molecule has 1 amide bonds. The standard InChI is InChI=1S/C17H33N7O2.HI/c1-6-15-23-21-12-24(15)9-8-19-16(18-5)20-11-14(10-13(3)4)22-17(25)26-7-2;/h12-14H,6-11H2,1-5H3,(H,22,25)(H2,18,19,20);1H. The van der Waals surface area contributed by atoms with E-state index in [1.165, 1.54) is 0 Å². The Kier molecular flexibility index (Phi) is 13.6. The van der Waals surface area contributed by atoms with E-state index in [0.29, 0.717) is 31.6 Å². The van der Waals surface area contributed by atoms with E-state index in [1.807, 2.05) is 4.57 Å². The van der Waals surface area contributed by atoms with Crippen molar-refractivity contribution in [3.8, 4) is 0 Å². The lowest BCUT2D eigenvalue weighted by Gasteiger charge is -2.22. The van der Waals surface area contributed by atoms with Gasteiger partial charge in [-0.2, -0.15) is 0 Å². The Labute approximate surface area is 179 Å². The first-order chi connectivity index (χ1) is 12.5. The SMILES string of the molecule is CCOC(=O)NC(CNC(=NC)NCCn1cnnc1CC)CC(C)C.I. The second kappa shape index (κ2) is 14.5. The second-order valence-electron chi connectivity index (χ2n) is 6.37. The van der Waals surface area contributed by atoms with Crippen molar-refractivity contribution in [1.82, 2.24) is 30.7 Å². The Bertz CT molecular complexity index is 563. The van der Waals surface area contributed by atoms with Crippen LogP contribution in [0, 0.1) is 5.92 Å². The number of aliphatic imine (C=N–C) groups is 1. The van der Waals surface area contributed by atoms with Crippen LogP contribution in [0.15, 0.2) is 11.3 Å². The highest BCUT2D eigenvalue weighted by Crippen LogP contribution is 2.04. The van der Waals surface area contributed by atoms with Crippen LogP contribution in [0.4, 0.5) is 4.79 Å². The van der Waals surface area contributed by atoms with Gasteiger partial charge < -0.3 is 25.3 Å². The summed E-state index contributed by atoms with van der Waals surface area (Å²) in [6.07, 6.45) is 3.05. The molecule has 156 valence electrons. The van der Waals surface area contributed by atoms with E-state index in [1.54, 1.807) is 20.3 Å². The van der Waals surface area contributed by atoms with E-state index in [4.69, 9.17) is 4.74 Å². The van der Waals surface area contributed by atoms with Gasteiger partial charge in [-0.05, 0) is 19.3 Å². The number of hydrogen-bond donors (Lipinski definition) is 3. The maximum atomic E-state index is 11.7. The van der Waals surface area contributed by atoms with Gasteiger partial charge in [0.2, 0.25) is 0 Å². The quantitative estimate of drug-likeness (QED) is 0.260. The Morgan fingerprint density at radius 3 is 2.67 bits per heavy atom. The van der Waals surface area contributed by atoms with Gasteiger partial charge in [0.15, 0.2) is 5.96 Å². The van der Waals surface area contributed by atoms with Gasteiger partial charge in [-0.3, -0.25) is 4.99 Å². The minimum absolute atomic E-state index is 0. The molecule has 9 nitrogen and oxygen atoms in total.